The molecule has 0 atom stereocenters. The molecule has 3 nitrogen and oxygen atoms in total. The number of hydrogen-bond acceptors (Lipinski definition) is 3. The summed E-state index contributed by atoms with van der Waals surface area (Å²) in [6.45, 7) is 0. The van der Waals surface area contributed by atoms with Crippen LogP contribution in [0.3, 0.4) is 0 Å². The average Bonchev–Trinajstić information content (AvgIpc) is 2.72. The second kappa shape index (κ2) is 8.41. The van der Waals surface area contributed by atoms with E-state index in [1.165, 1.54) is 25.6 Å². The highest BCUT2D eigenvalue weighted by atomic mass is 19.4. The fourth-order valence-corrected chi connectivity index (χ4v) is 3.12. The Morgan fingerprint density at radius 3 is 2.10 bits per heavy atom. The number of pyridine rings is 1. The van der Waals surface area contributed by atoms with Crippen molar-refractivity contribution in [2.75, 3.05) is 7.11 Å². The Labute approximate surface area is 173 Å². The molecular formula is C22H15F6NO2. The number of hydrogen-bond donors (Lipinski definition) is 0. The highest BCUT2D eigenvalue weighted by Gasteiger charge is 2.37. The maximum atomic E-state index is 13.1. The van der Waals surface area contributed by atoms with E-state index in [2.05, 4.69) is 4.98 Å². The first kappa shape index (κ1) is 22.3. The van der Waals surface area contributed by atoms with Crippen molar-refractivity contribution in [2.45, 2.75) is 18.8 Å². The third kappa shape index (κ3) is 5.04. The molecule has 2 aromatic carbocycles. The van der Waals surface area contributed by atoms with Crippen LogP contribution in [0.4, 0.5) is 26.3 Å². The van der Waals surface area contributed by atoms with Gasteiger partial charge in [0.25, 0.3) is 0 Å². The van der Waals surface area contributed by atoms with Crippen molar-refractivity contribution in [3.05, 3.63) is 83.2 Å². The van der Waals surface area contributed by atoms with Crippen molar-refractivity contribution in [1.29, 1.82) is 0 Å². The molecule has 0 aliphatic rings. The zero-order chi connectivity index (χ0) is 22.8. The van der Waals surface area contributed by atoms with Gasteiger partial charge in [-0.1, -0.05) is 18.2 Å². The molecule has 9 heteroatoms. The molecule has 0 bridgehead atoms. The number of benzene rings is 2. The fourth-order valence-electron chi connectivity index (χ4n) is 3.12. The summed E-state index contributed by atoms with van der Waals surface area (Å²) in [5, 5.41) is 0. The standard InChI is InChI=1S/C22H15F6NO2/c1-31-20-5-3-2-4-17(20)16-6-7-29-12-18(16)19(30)10-13-8-14(21(23,24)25)11-15(9-13)22(26,27)28/h2-9,11-12H,10H2,1H3. The van der Waals surface area contributed by atoms with Crippen molar-refractivity contribution in [2.24, 2.45) is 0 Å². The van der Waals surface area contributed by atoms with E-state index in [0.717, 1.165) is 0 Å². The lowest BCUT2D eigenvalue weighted by Crippen LogP contribution is -2.13. The highest BCUT2D eigenvalue weighted by molar-refractivity contribution is 6.03. The number of nitrogens with zero attached hydrogens (tertiary/aromatic N) is 1. The maximum absolute atomic E-state index is 13.1. The number of aromatic nitrogens is 1. The van der Waals surface area contributed by atoms with E-state index < -0.39 is 41.2 Å². The lowest BCUT2D eigenvalue weighted by molar-refractivity contribution is -0.143. The van der Waals surface area contributed by atoms with Crippen LogP contribution in [0.1, 0.15) is 27.0 Å². The number of carbonyl (C=O) groups excluding carboxylic acids is 1. The Bertz CT molecular complexity index is 1070. The number of methoxy groups -OCH3 is 1. The van der Waals surface area contributed by atoms with Gasteiger partial charge in [-0.3, -0.25) is 9.78 Å². The van der Waals surface area contributed by atoms with Crippen LogP contribution in [0.25, 0.3) is 11.1 Å². The molecule has 0 fully saturated rings. The zero-order valence-corrected chi connectivity index (χ0v) is 16.0. The van der Waals surface area contributed by atoms with Crippen molar-refractivity contribution < 1.29 is 35.9 Å². The minimum Gasteiger partial charge on any atom is -0.496 e. The van der Waals surface area contributed by atoms with E-state index in [0.29, 0.717) is 29.0 Å². The molecular weight excluding hydrogens is 424 g/mol. The lowest BCUT2D eigenvalue weighted by atomic mass is 9.94. The number of carbonyl (C=O) groups is 1. The van der Waals surface area contributed by atoms with Crippen LogP contribution < -0.4 is 4.74 Å². The van der Waals surface area contributed by atoms with Crippen LogP contribution in [0, 0.1) is 0 Å². The summed E-state index contributed by atoms with van der Waals surface area (Å²) in [4.78, 5) is 16.8. The monoisotopic (exact) mass is 439 g/mol. The van der Waals surface area contributed by atoms with Crippen LogP contribution in [-0.4, -0.2) is 17.9 Å². The maximum Gasteiger partial charge on any atom is 0.416 e. The summed E-state index contributed by atoms with van der Waals surface area (Å²) in [5.74, 6) is -0.234. The van der Waals surface area contributed by atoms with Gasteiger partial charge in [-0.05, 0) is 41.5 Å². The molecule has 0 aliphatic heterocycles. The van der Waals surface area contributed by atoms with Crippen LogP contribution in [0.15, 0.2) is 60.9 Å². The molecule has 31 heavy (non-hydrogen) atoms. The number of para-hydroxylation sites is 1. The molecule has 1 heterocycles. The minimum absolute atomic E-state index is 0.0261. The van der Waals surface area contributed by atoms with Crippen molar-refractivity contribution in [1.82, 2.24) is 4.98 Å². The smallest absolute Gasteiger partial charge is 0.416 e. The van der Waals surface area contributed by atoms with Gasteiger partial charge in [0.2, 0.25) is 0 Å². The molecule has 0 saturated carbocycles. The summed E-state index contributed by atoms with van der Waals surface area (Å²) < 4.78 is 83.8. The number of halogens is 6. The molecule has 1 aromatic heterocycles. The van der Waals surface area contributed by atoms with Crippen LogP contribution in [-0.2, 0) is 18.8 Å². The summed E-state index contributed by atoms with van der Waals surface area (Å²) in [6.07, 6.45) is -8.00. The minimum atomic E-state index is -4.99. The van der Waals surface area contributed by atoms with Gasteiger partial charge >= 0.3 is 12.4 Å². The van der Waals surface area contributed by atoms with Crippen LogP contribution >= 0.6 is 0 Å². The number of ketones is 1. The summed E-state index contributed by atoms with van der Waals surface area (Å²) in [5.41, 5.74) is -2.35. The zero-order valence-electron chi connectivity index (χ0n) is 16.0. The Balaban J connectivity index is 2.04. The molecule has 3 rings (SSSR count). The Morgan fingerprint density at radius 1 is 0.903 bits per heavy atom. The van der Waals surface area contributed by atoms with Gasteiger partial charge in [0.1, 0.15) is 5.75 Å². The first-order chi connectivity index (χ1) is 14.5. The molecule has 162 valence electrons. The predicted molar refractivity (Wildman–Crippen MR) is 101 cm³/mol. The van der Waals surface area contributed by atoms with E-state index in [9.17, 15) is 31.1 Å². The van der Waals surface area contributed by atoms with E-state index >= 15 is 0 Å². The van der Waals surface area contributed by atoms with Crippen molar-refractivity contribution in [3.63, 3.8) is 0 Å². The normalized spacial score (nSPS) is 12.0. The molecule has 0 N–H and O–H groups in total. The van der Waals surface area contributed by atoms with Gasteiger partial charge in [0, 0.05) is 29.9 Å². The molecule has 0 unspecified atom stereocenters. The van der Waals surface area contributed by atoms with Crippen LogP contribution in [0.2, 0.25) is 0 Å². The average molecular weight is 439 g/mol. The lowest BCUT2D eigenvalue weighted by Gasteiger charge is -2.15. The number of ether oxygens (including phenoxy) is 1. The van der Waals surface area contributed by atoms with Crippen molar-refractivity contribution >= 4 is 5.78 Å². The van der Waals surface area contributed by atoms with E-state index in [4.69, 9.17) is 4.74 Å². The largest absolute Gasteiger partial charge is 0.496 e. The first-order valence-corrected chi connectivity index (χ1v) is 8.89. The van der Waals surface area contributed by atoms with Crippen molar-refractivity contribution in [3.8, 4) is 16.9 Å². The first-order valence-electron chi connectivity index (χ1n) is 8.89. The number of rotatable bonds is 5. The van der Waals surface area contributed by atoms with Gasteiger partial charge in [0.15, 0.2) is 5.78 Å². The van der Waals surface area contributed by atoms with Gasteiger partial charge in [-0.2, -0.15) is 26.3 Å². The second-order valence-electron chi connectivity index (χ2n) is 6.64. The Kier molecular flexibility index (Phi) is 6.06. The molecule has 0 amide bonds. The Morgan fingerprint density at radius 2 is 1.52 bits per heavy atom. The van der Waals surface area contributed by atoms with Gasteiger partial charge in [-0.25, -0.2) is 0 Å². The Hall–Kier alpha value is -3.36. The van der Waals surface area contributed by atoms with E-state index in [1.807, 2.05) is 0 Å². The van der Waals surface area contributed by atoms with Gasteiger partial charge < -0.3 is 4.74 Å². The molecule has 0 radical (unpaired) electrons. The quantitative estimate of drug-likeness (QED) is 0.350. The number of Topliss-reactive ketones (excluding diaryl/α,β-unsaturated/α-hetero) is 1. The molecule has 3 aromatic rings. The fraction of sp³-hybridized carbons (Fsp3) is 0.182. The molecule has 0 aliphatic carbocycles. The third-order valence-electron chi connectivity index (χ3n) is 4.53. The summed E-state index contributed by atoms with van der Waals surface area (Å²) in [6, 6.07) is 9.40. The van der Waals surface area contributed by atoms with E-state index in [-0.39, 0.29) is 11.6 Å². The van der Waals surface area contributed by atoms with E-state index in [1.54, 1.807) is 24.3 Å². The second-order valence-corrected chi connectivity index (χ2v) is 6.64. The predicted octanol–water partition coefficient (Wildman–Crippen LogP) is 6.22. The molecule has 0 spiro atoms. The van der Waals surface area contributed by atoms with Crippen LogP contribution in [0.5, 0.6) is 5.75 Å². The van der Waals surface area contributed by atoms with Gasteiger partial charge in [-0.15, -0.1) is 0 Å². The SMILES string of the molecule is COc1ccccc1-c1ccncc1C(=O)Cc1cc(C(F)(F)F)cc(C(F)(F)F)c1. The molecule has 0 saturated heterocycles. The van der Waals surface area contributed by atoms with Gasteiger partial charge in [0.05, 0.1) is 18.2 Å². The third-order valence-corrected chi connectivity index (χ3v) is 4.53. The number of alkyl halides is 6. The summed E-state index contributed by atoms with van der Waals surface area (Å²) in [7, 11) is 1.43. The summed E-state index contributed by atoms with van der Waals surface area (Å²) >= 11 is 0. The highest BCUT2D eigenvalue weighted by Crippen LogP contribution is 2.37. The topological polar surface area (TPSA) is 39.2 Å².